The molecule has 0 aliphatic carbocycles. The van der Waals surface area contributed by atoms with Crippen molar-refractivity contribution in [3.05, 3.63) is 83.6 Å². The van der Waals surface area contributed by atoms with Crippen LogP contribution in [0.1, 0.15) is 5.56 Å². The summed E-state index contributed by atoms with van der Waals surface area (Å²) in [5.41, 5.74) is 5.44. The SMILES string of the molecule is CN1CCN(c2ccc(Nc3ncnc4ccc(N(C)Cc5cccc(Cl)c5)cc34)cc2)CC1. The van der Waals surface area contributed by atoms with E-state index < -0.39 is 0 Å². The zero-order valence-electron chi connectivity index (χ0n) is 19.6. The highest BCUT2D eigenvalue weighted by atomic mass is 35.5. The third-order valence-corrected chi connectivity index (χ3v) is 6.60. The maximum Gasteiger partial charge on any atom is 0.141 e. The lowest BCUT2D eigenvalue weighted by Crippen LogP contribution is -2.44. The van der Waals surface area contributed by atoms with E-state index in [1.807, 2.05) is 24.3 Å². The van der Waals surface area contributed by atoms with Crippen molar-refractivity contribution in [2.24, 2.45) is 0 Å². The number of fused-ring (bicyclic) bond motifs is 1. The number of rotatable bonds is 6. The Kier molecular flexibility index (Phi) is 6.52. The summed E-state index contributed by atoms with van der Waals surface area (Å²) in [6.45, 7) is 5.08. The van der Waals surface area contributed by atoms with Crippen LogP contribution in [0.3, 0.4) is 0 Å². The Morgan fingerprint density at radius 1 is 0.941 bits per heavy atom. The molecule has 174 valence electrons. The summed E-state index contributed by atoms with van der Waals surface area (Å²) in [5, 5.41) is 5.23. The molecule has 0 atom stereocenters. The number of nitrogens with one attached hydrogen (secondary N) is 1. The first kappa shape index (κ1) is 22.4. The number of likely N-dealkylation sites (N-methyl/N-ethyl adjacent to an activating group) is 1. The van der Waals surface area contributed by atoms with Gasteiger partial charge in [0.1, 0.15) is 12.1 Å². The fourth-order valence-corrected chi connectivity index (χ4v) is 4.55. The van der Waals surface area contributed by atoms with Crippen LogP contribution in [0, 0.1) is 0 Å². The number of nitrogens with zero attached hydrogens (tertiary/aromatic N) is 5. The van der Waals surface area contributed by atoms with Gasteiger partial charge in [0.2, 0.25) is 0 Å². The van der Waals surface area contributed by atoms with Gasteiger partial charge in [-0.3, -0.25) is 0 Å². The monoisotopic (exact) mass is 472 g/mol. The second-order valence-electron chi connectivity index (χ2n) is 8.87. The number of hydrogen-bond donors (Lipinski definition) is 1. The Balaban J connectivity index is 1.35. The fourth-order valence-electron chi connectivity index (χ4n) is 4.34. The summed E-state index contributed by atoms with van der Waals surface area (Å²) in [6.07, 6.45) is 1.61. The van der Waals surface area contributed by atoms with E-state index in [2.05, 4.69) is 86.5 Å². The molecule has 1 fully saturated rings. The first-order valence-electron chi connectivity index (χ1n) is 11.6. The molecule has 0 saturated carbocycles. The van der Waals surface area contributed by atoms with Crippen LogP contribution in [0.15, 0.2) is 73.1 Å². The Morgan fingerprint density at radius 2 is 1.74 bits per heavy atom. The third kappa shape index (κ3) is 5.08. The van der Waals surface area contributed by atoms with Crippen molar-refractivity contribution < 1.29 is 0 Å². The first-order valence-corrected chi connectivity index (χ1v) is 11.9. The van der Waals surface area contributed by atoms with Gasteiger partial charge in [0.15, 0.2) is 0 Å². The van der Waals surface area contributed by atoms with Crippen LogP contribution in [0.5, 0.6) is 0 Å². The zero-order valence-corrected chi connectivity index (χ0v) is 20.3. The molecule has 1 aromatic heterocycles. The van der Waals surface area contributed by atoms with Gasteiger partial charge >= 0.3 is 0 Å². The summed E-state index contributed by atoms with van der Waals surface area (Å²) in [5.74, 6) is 0.801. The summed E-state index contributed by atoms with van der Waals surface area (Å²) in [6, 6.07) is 22.9. The van der Waals surface area contributed by atoms with Gasteiger partial charge in [-0.15, -0.1) is 0 Å². The van der Waals surface area contributed by atoms with Crippen molar-refractivity contribution in [2.45, 2.75) is 6.54 Å². The number of piperazine rings is 1. The van der Waals surface area contributed by atoms with Crippen molar-refractivity contribution in [1.29, 1.82) is 0 Å². The minimum atomic E-state index is 0.753. The van der Waals surface area contributed by atoms with Crippen molar-refractivity contribution >= 4 is 45.4 Å². The molecule has 4 aromatic rings. The standard InChI is InChI=1S/C27H29ClN6/c1-32-12-14-34(15-13-32)23-8-6-22(7-9-23)31-27-25-17-24(10-11-26(25)29-19-30-27)33(2)18-20-4-3-5-21(28)16-20/h3-11,16-17,19H,12-15,18H2,1-2H3,(H,29,30,31). The van der Waals surface area contributed by atoms with Crippen molar-refractivity contribution in [3.8, 4) is 0 Å². The summed E-state index contributed by atoms with van der Waals surface area (Å²) < 4.78 is 0. The molecule has 0 bridgehead atoms. The fraction of sp³-hybridized carbons (Fsp3) is 0.259. The Hall–Kier alpha value is -3.35. The highest BCUT2D eigenvalue weighted by Crippen LogP contribution is 2.29. The van der Waals surface area contributed by atoms with E-state index in [-0.39, 0.29) is 0 Å². The molecule has 1 saturated heterocycles. The van der Waals surface area contributed by atoms with E-state index in [1.54, 1.807) is 6.33 Å². The van der Waals surface area contributed by atoms with Crippen molar-refractivity contribution in [3.63, 3.8) is 0 Å². The highest BCUT2D eigenvalue weighted by molar-refractivity contribution is 6.30. The quantitative estimate of drug-likeness (QED) is 0.404. The van der Waals surface area contributed by atoms with Gasteiger partial charge in [0.05, 0.1) is 5.52 Å². The molecule has 0 amide bonds. The van der Waals surface area contributed by atoms with Gasteiger partial charge in [-0.25, -0.2) is 9.97 Å². The zero-order chi connectivity index (χ0) is 23.5. The number of hydrogen-bond acceptors (Lipinski definition) is 6. The van der Waals surface area contributed by atoms with Crippen LogP contribution in [-0.2, 0) is 6.54 Å². The van der Waals surface area contributed by atoms with E-state index in [0.29, 0.717) is 0 Å². The van der Waals surface area contributed by atoms with E-state index in [4.69, 9.17) is 11.6 Å². The minimum absolute atomic E-state index is 0.753. The molecule has 7 heteroatoms. The van der Waals surface area contributed by atoms with Crippen molar-refractivity contribution in [1.82, 2.24) is 14.9 Å². The van der Waals surface area contributed by atoms with Gasteiger partial charge in [0, 0.05) is 67.2 Å². The van der Waals surface area contributed by atoms with Gasteiger partial charge < -0.3 is 20.0 Å². The van der Waals surface area contributed by atoms with Gasteiger partial charge in [0.25, 0.3) is 0 Å². The maximum absolute atomic E-state index is 6.16. The average Bonchev–Trinajstić information content (AvgIpc) is 2.85. The summed E-state index contributed by atoms with van der Waals surface area (Å²) in [7, 11) is 4.26. The number of anilines is 4. The van der Waals surface area contributed by atoms with Gasteiger partial charge in [-0.2, -0.15) is 0 Å². The molecule has 5 rings (SSSR count). The lowest BCUT2D eigenvalue weighted by molar-refractivity contribution is 0.313. The lowest BCUT2D eigenvalue weighted by atomic mass is 10.1. The van der Waals surface area contributed by atoms with Crippen LogP contribution in [0.25, 0.3) is 10.9 Å². The Morgan fingerprint density at radius 3 is 2.50 bits per heavy atom. The van der Waals surface area contributed by atoms with Crippen LogP contribution in [-0.4, -0.2) is 55.1 Å². The average molecular weight is 473 g/mol. The number of benzene rings is 3. The molecule has 34 heavy (non-hydrogen) atoms. The molecule has 0 spiro atoms. The number of halogens is 1. The number of aromatic nitrogens is 2. The van der Waals surface area contributed by atoms with Crippen LogP contribution in [0.4, 0.5) is 22.9 Å². The van der Waals surface area contributed by atoms with E-state index in [0.717, 1.165) is 71.4 Å². The molecule has 1 aliphatic rings. The molecule has 0 radical (unpaired) electrons. The van der Waals surface area contributed by atoms with E-state index in [1.165, 1.54) is 5.69 Å². The molecular weight excluding hydrogens is 444 g/mol. The third-order valence-electron chi connectivity index (χ3n) is 6.37. The Labute approximate surface area is 205 Å². The van der Waals surface area contributed by atoms with Crippen LogP contribution in [0.2, 0.25) is 5.02 Å². The molecular formula is C27H29ClN6. The van der Waals surface area contributed by atoms with E-state index >= 15 is 0 Å². The maximum atomic E-state index is 6.16. The molecule has 0 unspecified atom stereocenters. The second-order valence-corrected chi connectivity index (χ2v) is 9.31. The van der Waals surface area contributed by atoms with E-state index in [9.17, 15) is 0 Å². The first-order chi connectivity index (χ1) is 16.5. The normalized spacial score (nSPS) is 14.4. The van der Waals surface area contributed by atoms with Crippen molar-refractivity contribution in [2.75, 3.05) is 55.4 Å². The van der Waals surface area contributed by atoms with Gasteiger partial charge in [-0.05, 0) is 67.2 Å². The second kappa shape index (κ2) is 9.87. The predicted molar refractivity (Wildman–Crippen MR) is 143 cm³/mol. The van der Waals surface area contributed by atoms with Crippen LogP contribution >= 0.6 is 11.6 Å². The summed E-state index contributed by atoms with van der Waals surface area (Å²) in [4.78, 5) is 16.0. The molecule has 1 N–H and O–H groups in total. The molecule has 2 heterocycles. The molecule has 1 aliphatic heterocycles. The minimum Gasteiger partial charge on any atom is -0.370 e. The highest BCUT2D eigenvalue weighted by Gasteiger charge is 2.14. The Bertz CT molecular complexity index is 1270. The molecule has 3 aromatic carbocycles. The predicted octanol–water partition coefficient (Wildman–Crippen LogP) is 5.42. The smallest absolute Gasteiger partial charge is 0.141 e. The molecule has 6 nitrogen and oxygen atoms in total. The summed E-state index contributed by atoms with van der Waals surface area (Å²) >= 11 is 6.16. The van der Waals surface area contributed by atoms with Crippen LogP contribution < -0.4 is 15.1 Å². The van der Waals surface area contributed by atoms with Gasteiger partial charge in [-0.1, -0.05) is 23.7 Å². The topological polar surface area (TPSA) is 47.5 Å². The lowest BCUT2D eigenvalue weighted by Gasteiger charge is -2.34. The largest absolute Gasteiger partial charge is 0.370 e.